The van der Waals surface area contributed by atoms with Gasteiger partial charge >= 0.3 is 0 Å². The molecule has 0 bridgehead atoms. The normalized spacial score (nSPS) is 14.3. The maximum Gasteiger partial charge on any atom is 0.251 e. The molecule has 0 saturated carbocycles. The summed E-state index contributed by atoms with van der Waals surface area (Å²) in [5, 5.41) is 16.3. The molecule has 1 aromatic heterocycles. The maximum absolute atomic E-state index is 12.1. The number of likely N-dealkylation sites (N-methyl/N-ethyl adjacent to an activating group) is 1. The molecule has 2 amide bonds. The van der Waals surface area contributed by atoms with Gasteiger partial charge in [-0.1, -0.05) is 26.0 Å². The van der Waals surface area contributed by atoms with Crippen molar-refractivity contribution in [1.29, 1.82) is 0 Å². The number of aromatic amines is 1. The molecule has 9 nitrogen and oxygen atoms in total. The molecule has 2 N–H and O–H groups in total. The first-order valence-corrected chi connectivity index (χ1v) is 8.72. The Hall–Kier alpha value is -2.81. The van der Waals surface area contributed by atoms with Crippen molar-refractivity contribution >= 4 is 11.8 Å². The molecule has 1 saturated heterocycles. The number of aromatic nitrogens is 4. The van der Waals surface area contributed by atoms with E-state index in [1.165, 1.54) is 0 Å². The van der Waals surface area contributed by atoms with Crippen LogP contribution >= 0.6 is 0 Å². The van der Waals surface area contributed by atoms with Gasteiger partial charge in [-0.2, -0.15) is 5.21 Å². The zero-order valence-electron chi connectivity index (χ0n) is 15.4. The summed E-state index contributed by atoms with van der Waals surface area (Å²) in [6, 6.07) is 6.81. The van der Waals surface area contributed by atoms with Crippen LogP contribution < -0.4 is 5.32 Å². The molecular formula is C17H25N7O2. The highest BCUT2D eigenvalue weighted by atomic mass is 16.2. The van der Waals surface area contributed by atoms with Gasteiger partial charge in [-0.05, 0) is 24.4 Å². The number of hydrogen-bond acceptors (Lipinski definition) is 6. The summed E-state index contributed by atoms with van der Waals surface area (Å²) >= 11 is 0. The Morgan fingerprint density at radius 1 is 1.12 bits per heavy atom. The number of amides is 2. The molecule has 140 valence electrons. The van der Waals surface area contributed by atoms with Crippen LogP contribution in [-0.4, -0.2) is 82.0 Å². The summed E-state index contributed by atoms with van der Waals surface area (Å²) in [7, 11) is 2.03. The lowest BCUT2D eigenvalue weighted by molar-refractivity contribution is -0.131. The minimum atomic E-state index is -0.280. The molecule has 1 fully saturated rings. The van der Waals surface area contributed by atoms with Crippen LogP contribution in [0.15, 0.2) is 24.3 Å². The molecule has 1 aliphatic rings. The quantitative estimate of drug-likeness (QED) is 0.818. The summed E-state index contributed by atoms with van der Waals surface area (Å²) in [4.78, 5) is 28.2. The number of tetrazole rings is 1. The summed E-state index contributed by atoms with van der Waals surface area (Å²) in [6.07, 6.45) is 0. The zero-order valence-corrected chi connectivity index (χ0v) is 15.4. The molecule has 1 aromatic carbocycles. The summed E-state index contributed by atoms with van der Waals surface area (Å²) in [5.74, 6) is 0.129. The van der Waals surface area contributed by atoms with E-state index >= 15 is 0 Å². The number of piperazine rings is 1. The van der Waals surface area contributed by atoms with E-state index in [-0.39, 0.29) is 18.4 Å². The Bertz CT molecular complexity index is 692. The van der Waals surface area contributed by atoms with Gasteiger partial charge in [-0.15, -0.1) is 10.2 Å². The third-order valence-corrected chi connectivity index (χ3v) is 4.01. The van der Waals surface area contributed by atoms with E-state index in [9.17, 15) is 9.59 Å². The highest BCUT2D eigenvalue weighted by Gasteiger charge is 2.19. The van der Waals surface area contributed by atoms with Crippen molar-refractivity contribution in [3.8, 4) is 11.4 Å². The minimum Gasteiger partial charge on any atom is -0.343 e. The van der Waals surface area contributed by atoms with Crippen LogP contribution in [0.4, 0.5) is 0 Å². The summed E-state index contributed by atoms with van der Waals surface area (Å²) in [6.45, 7) is 7.12. The fraction of sp³-hybridized carbons (Fsp3) is 0.471. The fourth-order valence-corrected chi connectivity index (χ4v) is 2.48. The second-order valence-electron chi connectivity index (χ2n) is 5.68. The van der Waals surface area contributed by atoms with Crippen molar-refractivity contribution in [3.63, 3.8) is 0 Å². The maximum atomic E-state index is 12.1. The SMILES string of the molecule is CC.CN1CCN(C(=O)CNC(=O)c2ccc(-c3nn[nH]n3)cc2)CC1. The highest BCUT2D eigenvalue weighted by molar-refractivity contribution is 5.96. The van der Waals surface area contributed by atoms with Crippen molar-refractivity contribution in [1.82, 2.24) is 35.7 Å². The van der Waals surface area contributed by atoms with Crippen molar-refractivity contribution in [3.05, 3.63) is 29.8 Å². The van der Waals surface area contributed by atoms with Crippen LogP contribution in [-0.2, 0) is 4.79 Å². The van der Waals surface area contributed by atoms with Crippen molar-refractivity contribution in [2.45, 2.75) is 13.8 Å². The number of benzene rings is 1. The van der Waals surface area contributed by atoms with Gasteiger partial charge in [0.25, 0.3) is 5.91 Å². The van der Waals surface area contributed by atoms with E-state index in [1.54, 1.807) is 29.2 Å². The Balaban J connectivity index is 0.00000117. The van der Waals surface area contributed by atoms with Gasteiger partial charge < -0.3 is 15.1 Å². The van der Waals surface area contributed by atoms with E-state index in [0.717, 1.165) is 18.7 Å². The second kappa shape index (κ2) is 9.62. The van der Waals surface area contributed by atoms with Gasteiger partial charge in [-0.3, -0.25) is 9.59 Å². The monoisotopic (exact) mass is 359 g/mol. The van der Waals surface area contributed by atoms with Gasteiger partial charge in [0.05, 0.1) is 6.54 Å². The predicted molar refractivity (Wildman–Crippen MR) is 97.4 cm³/mol. The number of H-pyrrole nitrogens is 1. The Morgan fingerprint density at radius 2 is 1.77 bits per heavy atom. The Morgan fingerprint density at radius 3 is 2.35 bits per heavy atom. The molecule has 2 aromatic rings. The predicted octanol–water partition coefficient (Wildman–Crippen LogP) is 0.397. The smallest absolute Gasteiger partial charge is 0.251 e. The van der Waals surface area contributed by atoms with E-state index in [0.29, 0.717) is 24.5 Å². The van der Waals surface area contributed by atoms with Gasteiger partial charge in [0.2, 0.25) is 11.7 Å². The lowest BCUT2D eigenvalue weighted by Crippen LogP contribution is -2.50. The van der Waals surface area contributed by atoms with Crippen LogP contribution in [0.25, 0.3) is 11.4 Å². The first-order valence-electron chi connectivity index (χ1n) is 8.72. The van der Waals surface area contributed by atoms with Crippen LogP contribution in [0.3, 0.4) is 0 Å². The van der Waals surface area contributed by atoms with Crippen LogP contribution in [0.1, 0.15) is 24.2 Å². The van der Waals surface area contributed by atoms with Gasteiger partial charge in [0.15, 0.2) is 0 Å². The topological polar surface area (TPSA) is 107 Å². The standard InChI is InChI=1S/C15H19N7O2.C2H6/c1-21-6-8-22(9-7-21)13(23)10-16-15(24)12-4-2-11(3-5-12)14-17-19-20-18-14;1-2/h2-5H,6-10H2,1H3,(H,16,24)(H,17,18,19,20);1-2H3. The highest BCUT2D eigenvalue weighted by Crippen LogP contribution is 2.13. The van der Waals surface area contributed by atoms with Crippen molar-refractivity contribution < 1.29 is 9.59 Å². The van der Waals surface area contributed by atoms with Crippen molar-refractivity contribution in [2.75, 3.05) is 39.8 Å². The zero-order chi connectivity index (χ0) is 18.9. The third-order valence-electron chi connectivity index (χ3n) is 4.01. The van der Waals surface area contributed by atoms with Gasteiger partial charge in [-0.25, -0.2) is 0 Å². The molecule has 0 unspecified atom stereocenters. The molecule has 3 rings (SSSR count). The molecule has 0 atom stereocenters. The minimum absolute atomic E-state index is 0.00907. The van der Waals surface area contributed by atoms with Gasteiger partial charge in [0.1, 0.15) is 0 Å². The Kier molecular flexibility index (Phi) is 7.22. The van der Waals surface area contributed by atoms with Crippen LogP contribution in [0.2, 0.25) is 0 Å². The average molecular weight is 359 g/mol. The second-order valence-corrected chi connectivity index (χ2v) is 5.68. The molecule has 2 heterocycles. The Labute approximate surface area is 152 Å². The van der Waals surface area contributed by atoms with E-state index in [4.69, 9.17) is 0 Å². The van der Waals surface area contributed by atoms with Crippen molar-refractivity contribution in [2.24, 2.45) is 0 Å². The first-order chi connectivity index (χ1) is 12.6. The lowest BCUT2D eigenvalue weighted by atomic mass is 10.1. The van der Waals surface area contributed by atoms with E-state index in [1.807, 2.05) is 20.9 Å². The average Bonchev–Trinajstić information content (AvgIpc) is 3.23. The molecule has 9 heteroatoms. The fourth-order valence-electron chi connectivity index (χ4n) is 2.48. The lowest BCUT2D eigenvalue weighted by Gasteiger charge is -2.32. The molecular weight excluding hydrogens is 334 g/mol. The molecule has 0 radical (unpaired) electrons. The third kappa shape index (κ3) is 5.09. The molecule has 1 aliphatic heterocycles. The van der Waals surface area contributed by atoms with E-state index in [2.05, 4.69) is 30.8 Å². The molecule has 26 heavy (non-hydrogen) atoms. The van der Waals surface area contributed by atoms with E-state index < -0.39 is 0 Å². The summed E-state index contributed by atoms with van der Waals surface area (Å²) < 4.78 is 0. The number of rotatable bonds is 4. The van der Waals surface area contributed by atoms with Crippen LogP contribution in [0.5, 0.6) is 0 Å². The summed E-state index contributed by atoms with van der Waals surface area (Å²) in [5.41, 5.74) is 1.24. The number of hydrogen-bond donors (Lipinski definition) is 2. The molecule has 0 spiro atoms. The number of carbonyl (C=O) groups excluding carboxylic acids is 2. The molecule has 0 aliphatic carbocycles. The first kappa shape index (κ1) is 19.5. The van der Waals surface area contributed by atoms with Gasteiger partial charge in [0, 0.05) is 37.3 Å². The van der Waals surface area contributed by atoms with Crippen LogP contribution in [0, 0.1) is 0 Å². The number of nitrogens with one attached hydrogen (secondary N) is 2. The number of nitrogens with zero attached hydrogens (tertiary/aromatic N) is 5. The largest absolute Gasteiger partial charge is 0.343 e. The number of carbonyl (C=O) groups is 2.